The van der Waals surface area contributed by atoms with E-state index in [-0.39, 0.29) is 6.61 Å². The standard InChI is InChI=1S/C6H15ClNO/c1-8(2,6-7)4-3-5-9/h9H,3-6H2,1-2H3/q+1. The Bertz CT molecular complexity index is 75.5. The number of aliphatic hydroxyl groups excluding tert-OH is 1. The molecular formula is C6H15ClNO+. The molecule has 0 atom stereocenters. The zero-order chi connectivity index (χ0) is 7.33. The van der Waals surface area contributed by atoms with E-state index in [1.807, 2.05) is 14.1 Å². The van der Waals surface area contributed by atoms with E-state index in [1.54, 1.807) is 0 Å². The molecule has 0 fully saturated rings. The summed E-state index contributed by atoms with van der Waals surface area (Å²) in [6.45, 7) is 1.21. The number of hydrogen-bond donors (Lipinski definition) is 1. The van der Waals surface area contributed by atoms with Gasteiger partial charge < -0.3 is 9.59 Å². The molecule has 3 heteroatoms. The normalized spacial score (nSPS) is 12.0. The number of halogens is 1. The average molecular weight is 153 g/mol. The van der Waals surface area contributed by atoms with Gasteiger partial charge >= 0.3 is 0 Å². The largest absolute Gasteiger partial charge is 0.396 e. The SMILES string of the molecule is C[N+](C)(CCl)CCCO. The molecule has 0 rings (SSSR count). The van der Waals surface area contributed by atoms with Gasteiger partial charge in [0.05, 0.1) is 20.6 Å². The van der Waals surface area contributed by atoms with Gasteiger partial charge in [-0.05, 0) is 0 Å². The highest BCUT2D eigenvalue weighted by Gasteiger charge is 2.10. The van der Waals surface area contributed by atoms with Crippen molar-refractivity contribution in [2.24, 2.45) is 0 Å². The molecule has 0 aliphatic carbocycles. The number of nitrogens with zero attached hydrogens (tertiary/aromatic N) is 1. The van der Waals surface area contributed by atoms with Gasteiger partial charge in [-0.15, -0.1) is 0 Å². The first-order chi connectivity index (χ1) is 4.12. The van der Waals surface area contributed by atoms with Crippen LogP contribution in [0, 0.1) is 0 Å². The summed E-state index contributed by atoms with van der Waals surface area (Å²) in [4.78, 5) is 0. The van der Waals surface area contributed by atoms with Crippen LogP contribution in [0.2, 0.25) is 0 Å². The minimum Gasteiger partial charge on any atom is -0.396 e. The average Bonchev–Trinajstić information content (AvgIpc) is 1.84. The molecule has 0 aliphatic heterocycles. The van der Waals surface area contributed by atoms with Crippen molar-refractivity contribution in [1.29, 1.82) is 0 Å². The molecule has 0 aromatic rings. The van der Waals surface area contributed by atoms with E-state index in [0.717, 1.165) is 17.4 Å². The van der Waals surface area contributed by atoms with Gasteiger partial charge in [0.2, 0.25) is 0 Å². The highest BCUT2D eigenvalue weighted by atomic mass is 35.5. The molecule has 2 nitrogen and oxygen atoms in total. The predicted molar refractivity (Wildman–Crippen MR) is 39.4 cm³/mol. The minimum atomic E-state index is 0.262. The van der Waals surface area contributed by atoms with Crippen LogP contribution in [-0.4, -0.2) is 42.8 Å². The van der Waals surface area contributed by atoms with Crippen molar-refractivity contribution in [3.05, 3.63) is 0 Å². The third kappa shape index (κ3) is 4.70. The summed E-state index contributed by atoms with van der Waals surface area (Å²) >= 11 is 5.62. The van der Waals surface area contributed by atoms with Crippen LogP contribution in [0.4, 0.5) is 0 Å². The number of aliphatic hydroxyl groups is 1. The lowest BCUT2D eigenvalue weighted by molar-refractivity contribution is -0.879. The Morgan fingerprint density at radius 3 is 2.33 bits per heavy atom. The van der Waals surface area contributed by atoms with Crippen LogP contribution in [-0.2, 0) is 0 Å². The fraction of sp³-hybridized carbons (Fsp3) is 1.00. The summed E-state index contributed by atoms with van der Waals surface area (Å²) in [6.07, 6.45) is 0.833. The fourth-order valence-electron chi connectivity index (χ4n) is 0.559. The monoisotopic (exact) mass is 152 g/mol. The van der Waals surface area contributed by atoms with Crippen molar-refractivity contribution in [1.82, 2.24) is 0 Å². The molecule has 0 unspecified atom stereocenters. The van der Waals surface area contributed by atoms with E-state index in [4.69, 9.17) is 16.7 Å². The number of hydrogen-bond acceptors (Lipinski definition) is 1. The van der Waals surface area contributed by atoms with Crippen LogP contribution in [0.15, 0.2) is 0 Å². The first-order valence-corrected chi connectivity index (χ1v) is 3.64. The molecule has 0 bridgehead atoms. The van der Waals surface area contributed by atoms with Crippen LogP contribution in [0.25, 0.3) is 0 Å². The zero-order valence-electron chi connectivity index (χ0n) is 6.10. The lowest BCUT2D eigenvalue weighted by atomic mass is 10.4. The predicted octanol–water partition coefficient (Wildman–Crippen LogP) is 0.641. The van der Waals surface area contributed by atoms with Crippen LogP contribution in [0.3, 0.4) is 0 Å². The first-order valence-electron chi connectivity index (χ1n) is 3.11. The van der Waals surface area contributed by atoms with Gasteiger partial charge in [-0.25, -0.2) is 0 Å². The Labute approximate surface area is 61.6 Å². The van der Waals surface area contributed by atoms with Gasteiger partial charge in [-0.1, -0.05) is 11.6 Å². The smallest absolute Gasteiger partial charge is 0.154 e. The third-order valence-corrected chi connectivity index (χ3v) is 1.89. The van der Waals surface area contributed by atoms with Gasteiger partial charge in [0, 0.05) is 13.0 Å². The topological polar surface area (TPSA) is 20.2 Å². The van der Waals surface area contributed by atoms with Gasteiger partial charge in [0.25, 0.3) is 0 Å². The molecule has 0 heterocycles. The molecule has 0 saturated heterocycles. The lowest BCUT2D eigenvalue weighted by Gasteiger charge is -2.26. The highest BCUT2D eigenvalue weighted by molar-refractivity contribution is 6.16. The maximum absolute atomic E-state index is 8.47. The summed E-state index contributed by atoms with van der Waals surface area (Å²) in [5.74, 6) is 0. The fourth-order valence-corrected chi connectivity index (χ4v) is 0.678. The first kappa shape index (κ1) is 9.21. The van der Waals surface area contributed by atoms with Crippen LogP contribution in [0.5, 0.6) is 0 Å². The zero-order valence-corrected chi connectivity index (χ0v) is 6.86. The molecule has 56 valence electrons. The maximum atomic E-state index is 8.47. The van der Waals surface area contributed by atoms with Gasteiger partial charge in [-0.2, -0.15) is 0 Å². The second-order valence-corrected chi connectivity index (χ2v) is 3.10. The molecule has 1 N–H and O–H groups in total. The molecule has 0 aliphatic rings. The Morgan fingerprint density at radius 2 is 2.00 bits per heavy atom. The van der Waals surface area contributed by atoms with Crippen molar-refractivity contribution in [2.75, 3.05) is 33.3 Å². The van der Waals surface area contributed by atoms with Crippen molar-refractivity contribution in [2.45, 2.75) is 6.42 Å². The van der Waals surface area contributed by atoms with E-state index in [9.17, 15) is 0 Å². The molecule has 0 spiro atoms. The minimum absolute atomic E-state index is 0.262. The summed E-state index contributed by atoms with van der Waals surface area (Å²) in [7, 11) is 4.09. The molecule has 0 aromatic heterocycles. The maximum Gasteiger partial charge on any atom is 0.154 e. The highest BCUT2D eigenvalue weighted by Crippen LogP contribution is 1.99. The summed E-state index contributed by atoms with van der Waals surface area (Å²) in [6, 6.07) is 0.611. The van der Waals surface area contributed by atoms with Crippen molar-refractivity contribution in [3.8, 4) is 0 Å². The van der Waals surface area contributed by atoms with Gasteiger partial charge in [-0.3, -0.25) is 0 Å². The second-order valence-electron chi connectivity index (χ2n) is 2.86. The van der Waals surface area contributed by atoms with E-state index in [0.29, 0.717) is 6.00 Å². The lowest BCUT2D eigenvalue weighted by Crippen LogP contribution is -2.39. The molecule has 0 saturated carbocycles. The van der Waals surface area contributed by atoms with Crippen LogP contribution < -0.4 is 0 Å². The number of rotatable bonds is 4. The van der Waals surface area contributed by atoms with E-state index in [1.165, 1.54) is 0 Å². The molecule has 0 amide bonds. The Balaban J connectivity index is 3.33. The van der Waals surface area contributed by atoms with E-state index >= 15 is 0 Å². The van der Waals surface area contributed by atoms with E-state index < -0.39 is 0 Å². The van der Waals surface area contributed by atoms with Crippen molar-refractivity contribution >= 4 is 11.6 Å². The van der Waals surface area contributed by atoms with Crippen LogP contribution in [0.1, 0.15) is 6.42 Å². The molecule has 0 aromatic carbocycles. The number of alkyl halides is 1. The Hall–Kier alpha value is 0.210. The summed E-state index contributed by atoms with van der Waals surface area (Å²) in [5.41, 5.74) is 0. The molecule has 0 radical (unpaired) electrons. The van der Waals surface area contributed by atoms with E-state index in [2.05, 4.69) is 0 Å². The number of quaternary nitrogens is 1. The Kier molecular flexibility index (Phi) is 4.19. The molecule has 9 heavy (non-hydrogen) atoms. The van der Waals surface area contributed by atoms with Gasteiger partial charge in [0.1, 0.15) is 0 Å². The molecular weight excluding hydrogens is 138 g/mol. The van der Waals surface area contributed by atoms with Gasteiger partial charge in [0.15, 0.2) is 6.00 Å². The summed E-state index contributed by atoms with van der Waals surface area (Å²) < 4.78 is 0.780. The third-order valence-electron chi connectivity index (χ3n) is 1.25. The second kappa shape index (κ2) is 4.09. The van der Waals surface area contributed by atoms with Crippen molar-refractivity contribution < 1.29 is 9.59 Å². The van der Waals surface area contributed by atoms with Crippen molar-refractivity contribution in [3.63, 3.8) is 0 Å². The summed E-state index contributed by atoms with van der Waals surface area (Å²) in [5, 5.41) is 8.47. The van der Waals surface area contributed by atoms with Crippen LogP contribution >= 0.6 is 11.6 Å². The Morgan fingerprint density at radius 1 is 1.44 bits per heavy atom. The quantitative estimate of drug-likeness (QED) is 0.356.